The highest BCUT2D eigenvalue weighted by atomic mass is 16.1. The first-order valence-corrected chi connectivity index (χ1v) is 8.94. The molecule has 0 fully saturated rings. The number of nitrogens with one attached hydrogen (secondary N) is 2. The Balaban J connectivity index is 1.96. The van der Waals surface area contributed by atoms with Gasteiger partial charge in [0, 0.05) is 36.0 Å². The van der Waals surface area contributed by atoms with Crippen LogP contribution in [0.1, 0.15) is 42.9 Å². The molecular formula is C22H26N2O. The molecule has 0 aliphatic carbocycles. The van der Waals surface area contributed by atoms with Gasteiger partial charge in [-0.3, -0.25) is 4.79 Å². The lowest BCUT2D eigenvalue weighted by Crippen LogP contribution is -2.28. The SMILES string of the molecule is Cc1cccc(C(CC(=O)NCC(C)C)c2c[nH]c3ccccc23)c1. The van der Waals surface area contributed by atoms with Crippen LogP contribution in [0.3, 0.4) is 0 Å². The van der Waals surface area contributed by atoms with Gasteiger partial charge in [-0.25, -0.2) is 0 Å². The molecule has 0 spiro atoms. The maximum absolute atomic E-state index is 12.5. The summed E-state index contributed by atoms with van der Waals surface area (Å²) in [5, 5.41) is 4.24. The van der Waals surface area contributed by atoms with Crippen LogP contribution in [0.15, 0.2) is 54.7 Å². The Morgan fingerprint density at radius 1 is 1.12 bits per heavy atom. The van der Waals surface area contributed by atoms with E-state index in [-0.39, 0.29) is 11.8 Å². The third kappa shape index (κ3) is 4.11. The zero-order valence-corrected chi connectivity index (χ0v) is 15.2. The fourth-order valence-corrected chi connectivity index (χ4v) is 3.25. The summed E-state index contributed by atoms with van der Waals surface area (Å²) in [6, 6.07) is 16.7. The molecule has 2 N–H and O–H groups in total. The second-order valence-electron chi connectivity index (χ2n) is 7.16. The second-order valence-corrected chi connectivity index (χ2v) is 7.16. The Morgan fingerprint density at radius 3 is 2.68 bits per heavy atom. The molecule has 0 aliphatic heterocycles. The number of hydrogen-bond donors (Lipinski definition) is 2. The number of benzene rings is 2. The van der Waals surface area contributed by atoms with Crippen molar-refractivity contribution in [3.05, 3.63) is 71.4 Å². The van der Waals surface area contributed by atoms with Crippen molar-refractivity contribution in [2.75, 3.05) is 6.54 Å². The number of carbonyl (C=O) groups is 1. The Kier molecular flexibility index (Phi) is 5.22. The van der Waals surface area contributed by atoms with Crippen LogP contribution in [-0.2, 0) is 4.79 Å². The predicted molar refractivity (Wildman–Crippen MR) is 104 cm³/mol. The summed E-state index contributed by atoms with van der Waals surface area (Å²) in [4.78, 5) is 15.9. The Morgan fingerprint density at radius 2 is 1.92 bits per heavy atom. The van der Waals surface area contributed by atoms with Crippen LogP contribution >= 0.6 is 0 Å². The van der Waals surface area contributed by atoms with E-state index in [0.717, 1.165) is 5.52 Å². The van der Waals surface area contributed by atoms with Crippen molar-refractivity contribution < 1.29 is 4.79 Å². The van der Waals surface area contributed by atoms with E-state index in [1.54, 1.807) is 0 Å². The van der Waals surface area contributed by atoms with Crippen LogP contribution in [-0.4, -0.2) is 17.4 Å². The Bertz CT molecular complexity index is 863. The maximum Gasteiger partial charge on any atom is 0.220 e. The first kappa shape index (κ1) is 17.3. The molecule has 1 atom stereocenters. The average Bonchev–Trinajstić information content (AvgIpc) is 3.02. The number of aryl methyl sites for hydroxylation is 1. The molecule has 0 saturated carbocycles. The van der Waals surface area contributed by atoms with Crippen molar-refractivity contribution in [2.24, 2.45) is 5.92 Å². The first-order chi connectivity index (χ1) is 12.0. The van der Waals surface area contributed by atoms with Gasteiger partial charge in [0.2, 0.25) is 5.91 Å². The summed E-state index contributed by atoms with van der Waals surface area (Å²) in [6.07, 6.45) is 2.51. The number of H-pyrrole nitrogens is 1. The van der Waals surface area contributed by atoms with Gasteiger partial charge in [0.25, 0.3) is 0 Å². The van der Waals surface area contributed by atoms with Gasteiger partial charge in [-0.2, -0.15) is 0 Å². The first-order valence-electron chi connectivity index (χ1n) is 8.94. The number of fused-ring (bicyclic) bond motifs is 1. The lowest BCUT2D eigenvalue weighted by Gasteiger charge is -2.18. The van der Waals surface area contributed by atoms with E-state index in [4.69, 9.17) is 0 Å². The molecule has 1 heterocycles. The van der Waals surface area contributed by atoms with Crippen LogP contribution < -0.4 is 5.32 Å². The van der Waals surface area contributed by atoms with Crippen LogP contribution in [0.25, 0.3) is 10.9 Å². The van der Waals surface area contributed by atoms with Crippen LogP contribution in [0, 0.1) is 12.8 Å². The Labute approximate surface area is 149 Å². The summed E-state index contributed by atoms with van der Waals surface area (Å²) in [7, 11) is 0. The maximum atomic E-state index is 12.5. The molecule has 3 nitrogen and oxygen atoms in total. The highest BCUT2D eigenvalue weighted by Crippen LogP contribution is 2.33. The molecule has 0 saturated heterocycles. The van der Waals surface area contributed by atoms with Crippen molar-refractivity contribution in [1.82, 2.24) is 10.3 Å². The third-order valence-electron chi connectivity index (χ3n) is 4.54. The Hall–Kier alpha value is -2.55. The zero-order valence-electron chi connectivity index (χ0n) is 15.2. The summed E-state index contributed by atoms with van der Waals surface area (Å²) in [6.45, 7) is 7.03. The molecule has 3 rings (SSSR count). The molecule has 0 bridgehead atoms. The smallest absolute Gasteiger partial charge is 0.220 e. The highest BCUT2D eigenvalue weighted by molar-refractivity contribution is 5.86. The molecule has 130 valence electrons. The second kappa shape index (κ2) is 7.56. The number of para-hydroxylation sites is 1. The number of carbonyl (C=O) groups excluding carboxylic acids is 1. The van der Waals surface area contributed by atoms with Gasteiger partial charge >= 0.3 is 0 Å². The number of aromatic amines is 1. The highest BCUT2D eigenvalue weighted by Gasteiger charge is 2.21. The predicted octanol–water partition coefficient (Wildman–Crippen LogP) is 4.77. The molecule has 3 heteroatoms. The minimum Gasteiger partial charge on any atom is -0.361 e. The van der Waals surface area contributed by atoms with Gasteiger partial charge in [0.15, 0.2) is 0 Å². The van der Waals surface area contributed by atoms with E-state index in [0.29, 0.717) is 18.9 Å². The molecule has 1 aromatic heterocycles. The fourth-order valence-electron chi connectivity index (χ4n) is 3.25. The lowest BCUT2D eigenvalue weighted by molar-refractivity contribution is -0.121. The minimum absolute atomic E-state index is 0.0446. The summed E-state index contributed by atoms with van der Waals surface area (Å²) in [5.74, 6) is 0.600. The molecule has 0 aliphatic rings. The van der Waals surface area contributed by atoms with Crippen LogP contribution in [0.2, 0.25) is 0 Å². The van der Waals surface area contributed by atoms with Gasteiger partial charge in [-0.15, -0.1) is 0 Å². The van der Waals surface area contributed by atoms with Gasteiger partial charge in [0.1, 0.15) is 0 Å². The molecule has 25 heavy (non-hydrogen) atoms. The summed E-state index contributed by atoms with van der Waals surface area (Å²) >= 11 is 0. The average molecular weight is 334 g/mol. The molecule has 1 amide bonds. The number of aromatic nitrogens is 1. The standard InChI is InChI=1S/C22H26N2O/c1-15(2)13-24-22(25)12-19(17-8-6-7-16(3)11-17)20-14-23-21-10-5-4-9-18(20)21/h4-11,14-15,19,23H,12-13H2,1-3H3,(H,24,25). The van der Waals surface area contributed by atoms with Gasteiger partial charge in [-0.05, 0) is 30.0 Å². The molecular weight excluding hydrogens is 308 g/mol. The zero-order chi connectivity index (χ0) is 17.8. The largest absolute Gasteiger partial charge is 0.361 e. The van der Waals surface area contributed by atoms with E-state index < -0.39 is 0 Å². The number of rotatable bonds is 6. The fraction of sp³-hybridized carbons (Fsp3) is 0.318. The quantitative estimate of drug-likeness (QED) is 0.670. The van der Waals surface area contributed by atoms with Crippen molar-refractivity contribution in [1.29, 1.82) is 0 Å². The monoisotopic (exact) mass is 334 g/mol. The van der Waals surface area contributed by atoms with E-state index in [1.165, 1.54) is 22.1 Å². The van der Waals surface area contributed by atoms with E-state index >= 15 is 0 Å². The number of hydrogen-bond acceptors (Lipinski definition) is 1. The molecule has 1 unspecified atom stereocenters. The molecule has 2 aromatic carbocycles. The van der Waals surface area contributed by atoms with Crippen LogP contribution in [0.4, 0.5) is 0 Å². The topological polar surface area (TPSA) is 44.9 Å². The van der Waals surface area contributed by atoms with Crippen molar-refractivity contribution >= 4 is 16.8 Å². The van der Waals surface area contributed by atoms with Gasteiger partial charge in [-0.1, -0.05) is 61.9 Å². The minimum atomic E-state index is 0.0446. The van der Waals surface area contributed by atoms with Crippen molar-refractivity contribution in [3.8, 4) is 0 Å². The van der Waals surface area contributed by atoms with Gasteiger partial charge < -0.3 is 10.3 Å². The normalized spacial score (nSPS) is 12.5. The molecule has 3 aromatic rings. The van der Waals surface area contributed by atoms with E-state index in [1.807, 2.05) is 18.3 Å². The molecule has 0 radical (unpaired) electrons. The van der Waals surface area contributed by atoms with E-state index in [9.17, 15) is 4.79 Å². The lowest BCUT2D eigenvalue weighted by atomic mass is 9.87. The third-order valence-corrected chi connectivity index (χ3v) is 4.54. The van der Waals surface area contributed by atoms with Crippen molar-refractivity contribution in [3.63, 3.8) is 0 Å². The van der Waals surface area contributed by atoms with Crippen LogP contribution in [0.5, 0.6) is 0 Å². The summed E-state index contributed by atoms with van der Waals surface area (Å²) < 4.78 is 0. The summed E-state index contributed by atoms with van der Waals surface area (Å²) in [5.41, 5.74) is 4.69. The van der Waals surface area contributed by atoms with Crippen molar-refractivity contribution in [2.45, 2.75) is 33.1 Å². The number of amides is 1. The van der Waals surface area contributed by atoms with Gasteiger partial charge in [0.05, 0.1) is 0 Å². The van der Waals surface area contributed by atoms with E-state index in [2.05, 4.69) is 67.5 Å².